The van der Waals surface area contributed by atoms with Crippen LogP contribution < -0.4 is 14.2 Å². The van der Waals surface area contributed by atoms with E-state index in [1.165, 1.54) is 0 Å². The minimum Gasteiger partial charge on any atom is -0.492 e. The summed E-state index contributed by atoms with van der Waals surface area (Å²) in [6, 6.07) is 2.03. The van der Waals surface area contributed by atoms with Crippen molar-refractivity contribution in [1.82, 2.24) is 4.90 Å². The molecule has 0 saturated carbocycles. The maximum absolute atomic E-state index is 5.50. The lowest BCUT2D eigenvalue weighted by Gasteiger charge is -2.18. The molecule has 96 valence electrons. The largest absolute Gasteiger partial charge is 0.492 e. The molecule has 0 aliphatic carbocycles. The van der Waals surface area contributed by atoms with E-state index >= 15 is 0 Å². The zero-order valence-electron chi connectivity index (χ0n) is 10.3. The minimum absolute atomic E-state index is 0.232. The lowest BCUT2D eigenvalue weighted by molar-refractivity contribution is 0.171. The van der Waals surface area contributed by atoms with E-state index in [4.69, 9.17) is 14.2 Å². The number of hydrogen-bond acceptors (Lipinski definition) is 4. The molecule has 5 heteroatoms. The summed E-state index contributed by atoms with van der Waals surface area (Å²) in [7, 11) is 3.70. The van der Waals surface area contributed by atoms with E-state index in [-0.39, 0.29) is 11.6 Å². The third-order valence-electron chi connectivity index (χ3n) is 3.18. The number of nitrogens with zero attached hydrogens (tertiary/aromatic N) is 1. The monoisotopic (exact) mass is 311 g/mol. The SMILES string of the molecule is COc1c2c(cc3c1OCO3)C(Br)CN(C)C=C2. The highest BCUT2D eigenvalue weighted by Gasteiger charge is 2.28. The van der Waals surface area contributed by atoms with Gasteiger partial charge in [0.25, 0.3) is 0 Å². The van der Waals surface area contributed by atoms with E-state index in [0.29, 0.717) is 5.75 Å². The van der Waals surface area contributed by atoms with Gasteiger partial charge in [-0.15, -0.1) is 0 Å². The molecular formula is C13H14BrNO3. The molecule has 0 N–H and O–H groups in total. The Bertz CT molecular complexity index is 515. The Morgan fingerprint density at radius 2 is 2.28 bits per heavy atom. The molecule has 0 fully saturated rings. The van der Waals surface area contributed by atoms with Crippen LogP contribution in [0.2, 0.25) is 0 Å². The van der Waals surface area contributed by atoms with Crippen molar-refractivity contribution in [2.45, 2.75) is 4.83 Å². The Hall–Kier alpha value is -1.36. The maximum Gasteiger partial charge on any atom is 0.231 e. The van der Waals surface area contributed by atoms with E-state index in [2.05, 4.69) is 26.9 Å². The molecule has 18 heavy (non-hydrogen) atoms. The molecule has 4 nitrogen and oxygen atoms in total. The van der Waals surface area contributed by atoms with E-state index in [1.807, 2.05) is 19.3 Å². The molecule has 1 atom stereocenters. The normalized spacial score (nSPS) is 20.6. The maximum atomic E-state index is 5.50. The summed E-state index contributed by atoms with van der Waals surface area (Å²) >= 11 is 3.72. The second-order valence-electron chi connectivity index (χ2n) is 4.37. The van der Waals surface area contributed by atoms with Crippen LogP contribution in [0.15, 0.2) is 12.3 Å². The highest BCUT2D eigenvalue weighted by molar-refractivity contribution is 9.09. The second-order valence-corrected chi connectivity index (χ2v) is 5.47. The van der Waals surface area contributed by atoms with E-state index < -0.39 is 0 Å². The van der Waals surface area contributed by atoms with Gasteiger partial charge in [-0.1, -0.05) is 15.9 Å². The molecule has 0 bridgehead atoms. The van der Waals surface area contributed by atoms with Crippen LogP contribution in [0.1, 0.15) is 16.0 Å². The first-order valence-corrected chi connectivity index (χ1v) is 6.65. The molecule has 0 spiro atoms. The summed E-state index contributed by atoms with van der Waals surface area (Å²) in [6.45, 7) is 1.15. The lowest BCUT2D eigenvalue weighted by Crippen LogP contribution is -2.14. The average molecular weight is 312 g/mol. The fourth-order valence-corrected chi connectivity index (χ4v) is 3.13. The van der Waals surface area contributed by atoms with Gasteiger partial charge >= 0.3 is 0 Å². The summed E-state index contributed by atoms with van der Waals surface area (Å²) in [5.74, 6) is 2.20. The van der Waals surface area contributed by atoms with Crippen LogP contribution in [0.4, 0.5) is 0 Å². The van der Waals surface area contributed by atoms with Gasteiger partial charge in [0, 0.05) is 19.2 Å². The van der Waals surface area contributed by atoms with Gasteiger partial charge in [0.15, 0.2) is 11.5 Å². The average Bonchev–Trinajstić information content (AvgIpc) is 2.76. The first kappa shape index (κ1) is 11.7. The Balaban J connectivity index is 2.22. The number of fused-ring (bicyclic) bond motifs is 2. The first-order valence-electron chi connectivity index (χ1n) is 5.73. The van der Waals surface area contributed by atoms with Crippen LogP contribution in [0.25, 0.3) is 6.08 Å². The Labute approximate surface area is 114 Å². The van der Waals surface area contributed by atoms with Crippen molar-refractivity contribution in [2.24, 2.45) is 0 Å². The van der Waals surface area contributed by atoms with E-state index in [0.717, 1.165) is 29.2 Å². The highest BCUT2D eigenvalue weighted by Crippen LogP contribution is 2.48. The molecule has 1 aromatic carbocycles. The summed E-state index contributed by atoms with van der Waals surface area (Å²) < 4.78 is 16.4. The lowest BCUT2D eigenvalue weighted by atomic mass is 10.0. The predicted molar refractivity (Wildman–Crippen MR) is 72.4 cm³/mol. The fourth-order valence-electron chi connectivity index (χ4n) is 2.29. The van der Waals surface area contributed by atoms with Gasteiger partial charge in [-0.25, -0.2) is 0 Å². The van der Waals surface area contributed by atoms with Gasteiger partial charge in [-0.2, -0.15) is 0 Å². The summed E-state index contributed by atoms with van der Waals surface area (Å²) in [5.41, 5.74) is 2.21. The van der Waals surface area contributed by atoms with Gasteiger partial charge in [0.05, 0.1) is 11.9 Å². The Morgan fingerprint density at radius 3 is 3.06 bits per heavy atom. The standard InChI is InChI=1S/C13H14BrNO3/c1-15-4-3-8-9(10(14)6-15)5-11-13(12(8)16-2)18-7-17-11/h3-5,10H,6-7H2,1-2H3. The number of likely N-dealkylation sites (N-methyl/N-ethyl adjacent to an activating group) is 1. The molecule has 0 saturated heterocycles. The van der Waals surface area contributed by atoms with Crippen molar-refractivity contribution in [1.29, 1.82) is 0 Å². The van der Waals surface area contributed by atoms with Crippen molar-refractivity contribution in [2.75, 3.05) is 27.5 Å². The van der Waals surface area contributed by atoms with Crippen LogP contribution in [-0.2, 0) is 0 Å². The van der Waals surface area contributed by atoms with E-state index in [1.54, 1.807) is 7.11 Å². The zero-order valence-corrected chi connectivity index (χ0v) is 11.9. The number of benzene rings is 1. The quantitative estimate of drug-likeness (QED) is 0.746. The third-order valence-corrected chi connectivity index (χ3v) is 3.96. The predicted octanol–water partition coefficient (Wildman–Crippen LogP) is 2.78. The van der Waals surface area contributed by atoms with Gasteiger partial charge in [0.1, 0.15) is 0 Å². The fraction of sp³-hybridized carbons (Fsp3) is 0.385. The zero-order chi connectivity index (χ0) is 12.7. The van der Waals surface area contributed by atoms with Crippen LogP contribution in [0, 0.1) is 0 Å². The Morgan fingerprint density at radius 1 is 1.44 bits per heavy atom. The van der Waals surface area contributed by atoms with E-state index in [9.17, 15) is 0 Å². The minimum atomic E-state index is 0.232. The topological polar surface area (TPSA) is 30.9 Å². The third kappa shape index (κ3) is 1.73. The van der Waals surface area contributed by atoms with Crippen LogP contribution in [0.3, 0.4) is 0 Å². The number of alkyl halides is 1. The van der Waals surface area contributed by atoms with Gasteiger partial charge in [-0.05, 0) is 23.9 Å². The number of methoxy groups -OCH3 is 1. The molecular weight excluding hydrogens is 298 g/mol. The highest BCUT2D eigenvalue weighted by atomic mass is 79.9. The first-order chi connectivity index (χ1) is 8.70. The molecule has 1 aromatic rings. The number of hydrogen-bond donors (Lipinski definition) is 0. The molecule has 0 aromatic heterocycles. The molecule has 0 amide bonds. The summed E-state index contributed by atoms with van der Waals surface area (Å²) in [4.78, 5) is 2.36. The molecule has 2 aliphatic heterocycles. The van der Waals surface area contributed by atoms with Crippen molar-refractivity contribution < 1.29 is 14.2 Å². The van der Waals surface area contributed by atoms with Gasteiger partial charge in [-0.3, -0.25) is 0 Å². The molecule has 3 rings (SSSR count). The molecule has 0 radical (unpaired) electrons. The van der Waals surface area contributed by atoms with Crippen LogP contribution in [0.5, 0.6) is 17.2 Å². The van der Waals surface area contributed by atoms with Crippen molar-refractivity contribution in [3.63, 3.8) is 0 Å². The number of halogens is 1. The van der Waals surface area contributed by atoms with Crippen LogP contribution in [-0.4, -0.2) is 32.4 Å². The Kier molecular flexibility index (Phi) is 2.86. The molecule has 2 aliphatic rings. The van der Waals surface area contributed by atoms with Crippen molar-refractivity contribution >= 4 is 22.0 Å². The number of rotatable bonds is 1. The summed E-state index contributed by atoms with van der Waals surface area (Å²) in [6.07, 6.45) is 4.10. The smallest absolute Gasteiger partial charge is 0.231 e. The second kappa shape index (κ2) is 4.39. The number of ether oxygens (including phenoxy) is 3. The van der Waals surface area contributed by atoms with Gasteiger partial charge < -0.3 is 19.1 Å². The summed E-state index contributed by atoms with van der Waals surface area (Å²) in [5, 5.41) is 0. The molecule has 2 heterocycles. The van der Waals surface area contributed by atoms with Crippen LogP contribution >= 0.6 is 15.9 Å². The molecule has 1 unspecified atom stereocenters. The van der Waals surface area contributed by atoms with Crippen molar-refractivity contribution in [3.8, 4) is 17.2 Å². The van der Waals surface area contributed by atoms with Crippen molar-refractivity contribution in [3.05, 3.63) is 23.4 Å². The van der Waals surface area contributed by atoms with Gasteiger partial charge in [0.2, 0.25) is 12.5 Å².